The van der Waals surface area contributed by atoms with Crippen LogP contribution in [-0.4, -0.2) is 49.1 Å². The summed E-state index contributed by atoms with van der Waals surface area (Å²) >= 11 is 0. The summed E-state index contributed by atoms with van der Waals surface area (Å²) in [4.78, 5) is 13.1. The highest BCUT2D eigenvalue weighted by molar-refractivity contribution is 6.27. The summed E-state index contributed by atoms with van der Waals surface area (Å²) in [7, 11) is 4.46. The molecule has 2 aromatic rings. The number of ether oxygens (including phenoxy) is 4. The highest BCUT2D eigenvalue weighted by atomic mass is 16.5. The van der Waals surface area contributed by atoms with Gasteiger partial charge in [0.2, 0.25) is 0 Å². The normalized spacial score (nSPS) is 15.3. The van der Waals surface area contributed by atoms with Crippen molar-refractivity contribution >= 4 is 17.4 Å². The minimum Gasteiger partial charge on any atom is -0.497 e. The topological polar surface area (TPSA) is 119 Å². The lowest BCUT2D eigenvalue weighted by Gasteiger charge is -2.26. The molecule has 1 aliphatic rings. The summed E-state index contributed by atoms with van der Waals surface area (Å²) in [5, 5.41) is 25.9. The van der Waals surface area contributed by atoms with E-state index in [0.717, 1.165) is 5.57 Å². The van der Waals surface area contributed by atoms with Crippen LogP contribution in [0.25, 0.3) is 0 Å². The summed E-state index contributed by atoms with van der Waals surface area (Å²) in [5.74, 6) is 0.714. The number of carbonyl (C=O) groups is 1. The fourth-order valence-corrected chi connectivity index (χ4v) is 3.78. The molecular formula is C26H28N2O7. The Morgan fingerprint density at radius 3 is 2.09 bits per heavy atom. The van der Waals surface area contributed by atoms with E-state index >= 15 is 0 Å². The third-order valence-electron chi connectivity index (χ3n) is 5.49. The maximum Gasteiger partial charge on any atom is 0.338 e. The molecule has 1 unspecified atom stereocenters. The number of fused-ring (bicyclic) bond motifs is 1. The molecule has 0 heterocycles. The molecule has 1 atom stereocenters. The maximum atomic E-state index is 13.1. The van der Waals surface area contributed by atoms with Crippen LogP contribution in [0.4, 0.5) is 0 Å². The van der Waals surface area contributed by atoms with E-state index in [2.05, 4.69) is 10.3 Å². The molecule has 2 N–H and O–H groups in total. The number of rotatable bonds is 8. The van der Waals surface area contributed by atoms with Gasteiger partial charge in [-0.05, 0) is 56.3 Å². The number of hydrogen-bond acceptors (Lipinski definition) is 9. The summed E-state index contributed by atoms with van der Waals surface area (Å²) in [6, 6.07) is 8.26. The first-order chi connectivity index (χ1) is 16.9. The summed E-state index contributed by atoms with van der Waals surface area (Å²) in [6.07, 6.45) is 4.50. The van der Waals surface area contributed by atoms with Gasteiger partial charge in [-0.2, -0.15) is 0 Å². The number of oxime groups is 2. The predicted octanol–water partition coefficient (Wildman–Crippen LogP) is 4.89. The summed E-state index contributed by atoms with van der Waals surface area (Å²) in [6.45, 7) is 3.89. The average Bonchev–Trinajstić information content (AvgIpc) is 2.89. The first kappa shape index (κ1) is 25.4. The molecule has 184 valence electrons. The average molecular weight is 481 g/mol. The monoisotopic (exact) mass is 480 g/mol. The van der Waals surface area contributed by atoms with Gasteiger partial charge in [-0.1, -0.05) is 22.0 Å². The van der Waals surface area contributed by atoms with Gasteiger partial charge in [0.05, 0.1) is 38.0 Å². The van der Waals surface area contributed by atoms with Crippen molar-refractivity contribution in [2.24, 2.45) is 10.3 Å². The number of nitrogens with zero attached hydrogens (tertiary/aromatic N) is 2. The third-order valence-corrected chi connectivity index (χ3v) is 5.49. The van der Waals surface area contributed by atoms with Gasteiger partial charge >= 0.3 is 5.97 Å². The van der Waals surface area contributed by atoms with E-state index < -0.39 is 12.1 Å². The number of benzene rings is 2. The van der Waals surface area contributed by atoms with Crippen molar-refractivity contribution in [3.63, 3.8) is 0 Å². The van der Waals surface area contributed by atoms with Crippen molar-refractivity contribution in [2.45, 2.75) is 26.4 Å². The molecule has 0 bridgehead atoms. The van der Waals surface area contributed by atoms with Crippen LogP contribution in [0.2, 0.25) is 0 Å². The van der Waals surface area contributed by atoms with Crippen molar-refractivity contribution < 1.29 is 34.2 Å². The van der Waals surface area contributed by atoms with E-state index in [1.165, 1.54) is 26.4 Å². The Bertz CT molecular complexity index is 1210. The van der Waals surface area contributed by atoms with Crippen LogP contribution >= 0.6 is 0 Å². The minimum atomic E-state index is -0.769. The zero-order valence-electron chi connectivity index (χ0n) is 20.2. The molecule has 0 radical (unpaired) electrons. The molecular weight excluding hydrogens is 452 g/mol. The molecule has 35 heavy (non-hydrogen) atoms. The first-order valence-corrected chi connectivity index (χ1v) is 10.8. The van der Waals surface area contributed by atoms with Gasteiger partial charge in [-0.3, -0.25) is 0 Å². The molecule has 0 saturated carbocycles. The van der Waals surface area contributed by atoms with E-state index in [1.807, 2.05) is 19.9 Å². The van der Waals surface area contributed by atoms with E-state index in [9.17, 15) is 15.2 Å². The largest absolute Gasteiger partial charge is 0.497 e. The quantitative estimate of drug-likeness (QED) is 0.239. The third kappa shape index (κ3) is 5.29. The first-order valence-electron chi connectivity index (χ1n) is 10.8. The van der Waals surface area contributed by atoms with Crippen LogP contribution in [0.15, 0.2) is 64.4 Å². The molecule has 0 aromatic heterocycles. The lowest BCUT2D eigenvalue weighted by atomic mass is 9.88. The second-order valence-electron chi connectivity index (χ2n) is 7.89. The Balaban J connectivity index is 2.17. The number of allylic oxidation sites excluding steroid dienone is 3. The SMILES string of the molecule is COc1ccc(C(=O)OC(CC=C(C)C)c2cc(OC)c3c(c2OC)/C(=N/O)C=C/C3=N\O)cc1. The minimum absolute atomic E-state index is 0.173. The fourth-order valence-electron chi connectivity index (χ4n) is 3.78. The van der Waals surface area contributed by atoms with Gasteiger partial charge in [-0.15, -0.1) is 0 Å². The Kier molecular flexibility index (Phi) is 8.14. The van der Waals surface area contributed by atoms with E-state index in [0.29, 0.717) is 45.9 Å². The molecule has 0 amide bonds. The fraction of sp³-hybridized carbons (Fsp3) is 0.269. The number of hydrogen-bond donors (Lipinski definition) is 2. The van der Waals surface area contributed by atoms with Crippen LogP contribution in [0.3, 0.4) is 0 Å². The van der Waals surface area contributed by atoms with Crippen molar-refractivity contribution in [1.29, 1.82) is 0 Å². The van der Waals surface area contributed by atoms with Crippen molar-refractivity contribution in [3.8, 4) is 17.2 Å². The van der Waals surface area contributed by atoms with Gasteiger partial charge in [0, 0.05) is 12.0 Å². The van der Waals surface area contributed by atoms with Gasteiger partial charge in [0.15, 0.2) is 0 Å². The smallest absolute Gasteiger partial charge is 0.338 e. The zero-order chi connectivity index (χ0) is 25.5. The van der Waals surface area contributed by atoms with Crippen LogP contribution in [0.5, 0.6) is 17.2 Å². The van der Waals surface area contributed by atoms with Crippen LogP contribution in [0, 0.1) is 0 Å². The molecule has 0 fully saturated rings. The van der Waals surface area contributed by atoms with Crippen molar-refractivity contribution in [1.82, 2.24) is 0 Å². The highest BCUT2D eigenvalue weighted by Gasteiger charge is 2.32. The van der Waals surface area contributed by atoms with Crippen molar-refractivity contribution in [3.05, 3.63) is 76.4 Å². The molecule has 1 aliphatic carbocycles. The maximum absolute atomic E-state index is 13.1. The lowest BCUT2D eigenvalue weighted by Crippen LogP contribution is -2.20. The predicted molar refractivity (Wildman–Crippen MR) is 131 cm³/mol. The molecule has 0 aliphatic heterocycles. The molecule has 0 saturated heterocycles. The Morgan fingerprint density at radius 2 is 1.57 bits per heavy atom. The molecule has 2 aromatic carbocycles. The molecule has 3 rings (SSSR count). The van der Waals surface area contributed by atoms with Gasteiger partial charge in [0.25, 0.3) is 0 Å². The number of carbonyl (C=O) groups excluding carboxylic acids is 1. The van der Waals surface area contributed by atoms with Gasteiger partial charge in [-0.25, -0.2) is 4.79 Å². The lowest BCUT2D eigenvalue weighted by molar-refractivity contribution is 0.0297. The molecule has 9 heteroatoms. The summed E-state index contributed by atoms with van der Waals surface area (Å²) in [5.41, 5.74) is 2.99. The van der Waals surface area contributed by atoms with Crippen LogP contribution < -0.4 is 14.2 Å². The van der Waals surface area contributed by atoms with Gasteiger partial charge in [0.1, 0.15) is 34.8 Å². The van der Waals surface area contributed by atoms with E-state index in [4.69, 9.17) is 18.9 Å². The van der Waals surface area contributed by atoms with Gasteiger partial charge < -0.3 is 29.4 Å². The molecule has 0 spiro atoms. The van der Waals surface area contributed by atoms with E-state index in [1.54, 1.807) is 37.4 Å². The second kappa shape index (κ2) is 11.2. The highest BCUT2D eigenvalue weighted by Crippen LogP contribution is 2.42. The summed E-state index contributed by atoms with van der Waals surface area (Å²) < 4.78 is 22.4. The number of esters is 1. The standard InChI is InChI=1S/C26H28N2O7/c1-15(2)6-13-21(35-26(29)16-7-9-17(32-3)10-8-16)18-14-22(33-4)23-19(27-30)11-12-20(28-31)24(23)25(18)34-5/h6-12,14,21,30-31H,13H2,1-5H3/b27-19+,28-20+. The van der Waals surface area contributed by atoms with Crippen molar-refractivity contribution in [2.75, 3.05) is 21.3 Å². The van der Waals surface area contributed by atoms with E-state index in [-0.39, 0.29) is 11.4 Å². The Hall–Kier alpha value is -4.27. The van der Waals surface area contributed by atoms with Crippen LogP contribution in [-0.2, 0) is 4.74 Å². The Labute approximate surface area is 203 Å². The zero-order valence-corrected chi connectivity index (χ0v) is 20.2. The van der Waals surface area contributed by atoms with Crippen LogP contribution in [0.1, 0.15) is 53.4 Å². The second-order valence-corrected chi connectivity index (χ2v) is 7.89. The Morgan fingerprint density at radius 1 is 0.943 bits per heavy atom. The molecule has 9 nitrogen and oxygen atoms in total. The number of methoxy groups -OCH3 is 3.